The number of para-hydroxylation sites is 1. The molecule has 0 aromatic heterocycles. The van der Waals surface area contributed by atoms with Crippen LogP contribution in [0.5, 0.6) is 0 Å². The van der Waals surface area contributed by atoms with Gasteiger partial charge in [0.05, 0.1) is 11.4 Å². The molecule has 0 N–H and O–H groups in total. The number of ketones is 1. The number of Topliss-reactive ketones (excluding diaryl/α,β-unsaturated/α-hetero) is 1. The zero-order valence-corrected chi connectivity index (χ0v) is 8.16. The van der Waals surface area contributed by atoms with Crippen molar-refractivity contribution in [2.75, 3.05) is 0 Å². The second-order valence-electron chi connectivity index (χ2n) is 3.04. The third-order valence-electron chi connectivity index (χ3n) is 1.91. The first-order valence-electron chi connectivity index (χ1n) is 4.23. The zero-order chi connectivity index (χ0) is 9.84. The number of aliphatic imine (C=N–C) groups is 1. The Morgan fingerprint density at radius 2 is 1.85 bits per heavy atom. The SMILES string of the molecule is CC(=O)C(C)=Nc1ccccc1C. The smallest absolute Gasteiger partial charge is 0.173 e. The van der Waals surface area contributed by atoms with E-state index < -0.39 is 0 Å². The molecule has 0 saturated carbocycles. The molecule has 0 amide bonds. The van der Waals surface area contributed by atoms with Crippen LogP contribution in [0.2, 0.25) is 0 Å². The molecule has 0 aliphatic carbocycles. The van der Waals surface area contributed by atoms with Gasteiger partial charge in [-0.1, -0.05) is 18.2 Å². The Hall–Kier alpha value is -1.44. The van der Waals surface area contributed by atoms with Crippen LogP contribution in [0.4, 0.5) is 5.69 Å². The molecule has 1 aromatic rings. The van der Waals surface area contributed by atoms with Crippen molar-refractivity contribution in [3.63, 3.8) is 0 Å². The first-order valence-corrected chi connectivity index (χ1v) is 4.23. The fourth-order valence-corrected chi connectivity index (χ4v) is 0.948. The molecule has 1 aromatic carbocycles. The summed E-state index contributed by atoms with van der Waals surface area (Å²) in [6.45, 7) is 5.23. The Morgan fingerprint density at radius 1 is 1.23 bits per heavy atom. The Labute approximate surface area is 78.3 Å². The molecule has 2 heteroatoms. The van der Waals surface area contributed by atoms with Gasteiger partial charge in [0.2, 0.25) is 0 Å². The molecule has 0 saturated heterocycles. The summed E-state index contributed by atoms with van der Waals surface area (Å²) in [4.78, 5) is 15.2. The van der Waals surface area contributed by atoms with Crippen LogP contribution < -0.4 is 0 Å². The van der Waals surface area contributed by atoms with E-state index in [2.05, 4.69) is 4.99 Å². The zero-order valence-electron chi connectivity index (χ0n) is 8.16. The van der Waals surface area contributed by atoms with Crippen molar-refractivity contribution in [2.24, 2.45) is 4.99 Å². The second kappa shape index (κ2) is 3.99. The van der Waals surface area contributed by atoms with Crippen LogP contribution in [0.15, 0.2) is 29.3 Å². The molecule has 0 spiro atoms. The molecule has 13 heavy (non-hydrogen) atoms. The van der Waals surface area contributed by atoms with Gasteiger partial charge in [0, 0.05) is 6.92 Å². The third-order valence-corrected chi connectivity index (χ3v) is 1.91. The van der Waals surface area contributed by atoms with Gasteiger partial charge in [-0.2, -0.15) is 0 Å². The molecule has 0 unspecified atom stereocenters. The summed E-state index contributed by atoms with van der Waals surface area (Å²) in [7, 11) is 0. The first-order chi connectivity index (χ1) is 6.11. The van der Waals surface area contributed by atoms with Crippen molar-refractivity contribution in [3.8, 4) is 0 Å². The highest BCUT2D eigenvalue weighted by Gasteiger charge is 1.99. The number of hydrogen-bond acceptors (Lipinski definition) is 2. The minimum Gasteiger partial charge on any atom is -0.293 e. The standard InChI is InChI=1S/C11H13NO/c1-8-6-4-5-7-11(8)12-9(2)10(3)13/h4-7H,1-3H3. The molecular formula is C11H13NO. The maximum Gasteiger partial charge on any atom is 0.173 e. The first kappa shape index (κ1) is 9.65. The number of rotatable bonds is 2. The fourth-order valence-electron chi connectivity index (χ4n) is 0.948. The van der Waals surface area contributed by atoms with E-state index in [0.717, 1.165) is 11.3 Å². The predicted molar refractivity (Wildman–Crippen MR) is 54.6 cm³/mol. The Balaban J connectivity index is 3.04. The number of carbonyl (C=O) groups excluding carboxylic acids is 1. The topological polar surface area (TPSA) is 29.4 Å². The number of carbonyl (C=O) groups is 1. The van der Waals surface area contributed by atoms with Gasteiger partial charge in [-0.25, -0.2) is 4.99 Å². The molecule has 0 aliphatic rings. The fraction of sp³-hybridized carbons (Fsp3) is 0.273. The van der Waals surface area contributed by atoms with E-state index in [4.69, 9.17) is 0 Å². The lowest BCUT2D eigenvalue weighted by atomic mass is 10.2. The van der Waals surface area contributed by atoms with Crippen LogP contribution in [0.1, 0.15) is 19.4 Å². The quantitative estimate of drug-likeness (QED) is 0.635. The summed E-state index contributed by atoms with van der Waals surface area (Å²) < 4.78 is 0. The monoisotopic (exact) mass is 175 g/mol. The van der Waals surface area contributed by atoms with Gasteiger partial charge in [-0.05, 0) is 25.5 Å². The molecule has 2 nitrogen and oxygen atoms in total. The normalized spacial score (nSPS) is 11.5. The summed E-state index contributed by atoms with van der Waals surface area (Å²) in [5.74, 6) is 0.0169. The van der Waals surface area contributed by atoms with Crippen LogP contribution in [-0.2, 0) is 4.79 Å². The van der Waals surface area contributed by atoms with Gasteiger partial charge in [-0.3, -0.25) is 4.79 Å². The van der Waals surface area contributed by atoms with E-state index in [1.165, 1.54) is 6.92 Å². The van der Waals surface area contributed by atoms with Crippen LogP contribution >= 0.6 is 0 Å². The number of hydrogen-bond donors (Lipinski definition) is 0. The summed E-state index contributed by atoms with van der Waals surface area (Å²) in [6, 6.07) is 7.75. The summed E-state index contributed by atoms with van der Waals surface area (Å²) in [5.41, 5.74) is 2.51. The van der Waals surface area contributed by atoms with Crippen molar-refractivity contribution in [1.82, 2.24) is 0 Å². The molecular weight excluding hydrogens is 162 g/mol. The van der Waals surface area contributed by atoms with Gasteiger partial charge in [0.25, 0.3) is 0 Å². The highest BCUT2D eigenvalue weighted by atomic mass is 16.1. The molecule has 68 valence electrons. The maximum absolute atomic E-state index is 10.9. The van der Waals surface area contributed by atoms with Crippen molar-refractivity contribution < 1.29 is 4.79 Å². The molecule has 0 fully saturated rings. The Morgan fingerprint density at radius 3 is 2.38 bits per heavy atom. The summed E-state index contributed by atoms with van der Waals surface area (Å²) in [6.07, 6.45) is 0. The largest absolute Gasteiger partial charge is 0.293 e. The summed E-state index contributed by atoms with van der Waals surface area (Å²) >= 11 is 0. The molecule has 1 rings (SSSR count). The third kappa shape index (κ3) is 2.51. The van der Waals surface area contributed by atoms with Gasteiger partial charge >= 0.3 is 0 Å². The number of nitrogens with zero attached hydrogens (tertiary/aromatic N) is 1. The van der Waals surface area contributed by atoms with Gasteiger partial charge < -0.3 is 0 Å². The Bertz CT molecular complexity index is 353. The average molecular weight is 175 g/mol. The van der Waals surface area contributed by atoms with E-state index in [0.29, 0.717) is 5.71 Å². The highest BCUT2D eigenvalue weighted by molar-refractivity contribution is 6.38. The molecule has 0 aliphatic heterocycles. The highest BCUT2D eigenvalue weighted by Crippen LogP contribution is 2.17. The number of benzene rings is 1. The van der Waals surface area contributed by atoms with Gasteiger partial charge in [0.15, 0.2) is 5.78 Å². The van der Waals surface area contributed by atoms with E-state index in [1.54, 1.807) is 6.92 Å². The minimum absolute atomic E-state index is 0.0169. The second-order valence-corrected chi connectivity index (χ2v) is 3.04. The van der Waals surface area contributed by atoms with E-state index in [9.17, 15) is 4.79 Å². The maximum atomic E-state index is 10.9. The van der Waals surface area contributed by atoms with Crippen LogP contribution in [0.25, 0.3) is 0 Å². The summed E-state index contributed by atoms with van der Waals surface area (Å²) in [5, 5.41) is 0. The lowest BCUT2D eigenvalue weighted by molar-refractivity contribution is -0.111. The lowest BCUT2D eigenvalue weighted by Gasteiger charge is -1.99. The van der Waals surface area contributed by atoms with Crippen molar-refractivity contribution in [1.29, 1.82) is 0 Å². The van der Waals surface area contributed by atoms with Crippen LogP contribution in [0.3, 0.4) is 0 Å². The molecule has 0 atom stereocenters. The average Bonchev–Trinajstić information content (AvgIpc) is 2.08. The van der Waals surface area contributed by atoms with Crippen molar-refractivity contribution in [2.45, 2.75) is 20.8 Å². The van der Waals surface area contributed by atoms with Gasteiger partial charge in [-0.15, -0.1) is 0 Å². The van der Waals surface area contributed by atoms with E-state index >= 15 is 0 Å². The molecule has 0 radical (unpaired) electrons. The number of aryl methyl sites for hydroxylation is 1. The minimum atomic E-state index is 0.0169. The van der Waals surface area contributed by atoms with Crippen molar-refractivity contribution in [3.05, 3.63) is 29.8 Å². The Kier molecular flexibility index (Phi) is 2.96. The predicted octanol–water partition coefficient (Wildman–Crippen LogP) is 2.68. The van der Waals surface area contributed by atoms with Crippen LogP contribution in [-0.4, -0.2) is 11.5 Å². The molecule has 0 bridgehead atoms. The van der Waals surface area contributed by atoms with E-state index in [1.807, 2.05) is 31.2 Å². The van der Waals surface area contributed by atoms with Crippen molar-refractivity contribution >= 4 is 17.2 Å². The lowest BCUT2D eigenvalue weighted by Crippen LogP contribution is -2.03. The van der Waals surface area contributed by atoms with Gasteiger partial charge in [0.1, 0.15) is 0 Å². The van der Waals surface area contributed by atoms with Crippen LogP contribution in [0, 0.1) is 6.92 Å². The molecule has 0 heterocycles. The van der Waals surface area contributed by atoms with E-state index in [-0.39, 0.29) is 5.78 Å².